The van der Waals surface area contributed by atoms with Crippen LogP contribution >= 0.6 is 0 Å². The molecular formula is C14H21NO2. The van der Waals surface area contributed by atoms with Gasteiger partial charge in [-0.3, -0.25) is 10.1 Å². The minimum absolute atomic E-state index is 0.414. The molecule has 0 spiro atoms. The van der Waals surface area contributed by atoms with Gasteiger partial charge in [-0.2, -0.15) is 0 Å². The summed E-state index contributed by atoms with van der Waals surface area (Å²) in [6, 6.07) is 0.503. The molecule has 2 N–H and O–H groups in total. The van der Waals surface area contributed by atoms with Crippen LogP contribution in [0.5, 0.6) is 0 Å². The lowest BCUT2D eigenvalue weighted by Gasteiger charge is -2.59. The first-order valence-corrected chi connectivity index (χ1v) is 7.19. The standard InChI is InChI=1S/C14H21NO2/c16-13(17)14(15-12-1-2-12)10-4-8-3-9(6-10)7-11(14)5-8/h8-12,15H,1-7H2,(H,16,17). The molecule has 5 fully saturated rings. The van der Waals surface area contributed by atoms with E-state index in [9.17, 15) is 9.90 Å². The quantitative estimate of drug-likeness (QED) is 0.787. The van der Waals surface area contributed by atoms with Gasteiger partial charge >= 0.3 is 5.97 Å². The molecule has 3 nitrogen and oxygen atoms in total. The molecule has 0 aromatic carbocycles. The summed E-state index contributed by atoms with van der Waals surface area (Å²) in [6.45, 7) is 0. The SMILES string of the molecule is O=C(O)C1(NC2CC2)C2CC3CC(C2)CC1C3. The zero-order chi connectivity index (χ0) is 11.6. The van der Waals surface area contributed by atoms with Crippen LogP contribution in [0.15, 0.2) is 0 Å². The first-order chi connectivity index (χ1) is 8.18. The second-order valence-electron chi connectivity index (χ2n) is 6.90. The molecule has 3 heteroatoms. The molecule has 0 radical (unpaired) electrons. The number of hydrogen-bond donors (Lipinski definition) is 2. The zero-order valence-corrected chi connectivity index (χ0v) is 10.2. The summed E-state index contributed by atoms with van der Waals surface area (Å²) in [4.78, 5) is 11.9. The van der Waals surface area contributed by atoms with E-state index in [0.717, 1.165) is 11.8 Å². The Bertz CT molecular complexity index is 333. The maximum atomic E-state index is 11.9. The summed E-state index contributed by atoms with van der Waals surface area (Å²) in [7, 11) is 0. The van der Waals surface area contributed by atoms with Gasteiger partial charge in [-0.1, -0.05) is 0 Å². The number of carboxylic acids is 1. The van der Waals surface area contributed by atoms with E-state index in [1.165, 1.54) is 44.9 Å². The van der Waals surface area contributed by atoms with Gasteiger partial charge in [0.2, 0.25) is 0 Å². The Morgan fingerprint density at radius 3 is 1.94 bits per heavy atom. The van der Waals surface area contributed by atoms with Crippen LogP contribution in [0.25, 0.3) is 0 Å². The molecule has 0 aromatic rings. The van der Waals surface area contributed by atoms with Crippen molar-refractivity contribution in [2.75, 3.05) is 0 Å². The highest BCUT2D eigenvalue weighted by Gasteiger charge is 2.62. The van der Waals surface area contributed by atoms with Gasteiger partial charge in [-0.05, 0) is 68.6 Å². The third-order valence-electron chi connectivity index (χ3n) is 5.80. The average molecular weight is 235 g/mol. The normalized spacial score (nSPS) is 51.8. The monoisotopic (exact) mass is 235 g/mol. The molecule has 0 atom stereocenters. The van der Waals surface area contributed by atoms with E-state index in [2.05, 4.69) is 5.32 Å². The van der Waals surface area contributed by atoms with Crippen LogP contribution in [0.2, 0.25) is 0 Å². The largest absolute Gasteiger partial charge is 0.480 e. The van der Waals surface area contributed by atoms with Crippen LogP contribution in [0, 0.1) is 23.7 Å². The summed E-state index contributed by atoms with van der Waals surface area (Å²) in [6.07, 6.45) is 8.41. The zero-order valence-electron chi connectivity index (χ0n) is 10.2. The van der Waals surface area contributed by atoms with Crippen molar-refractivity contribution in [2.45, 2.75) is 56.5 Å². The Morgan fingerprint density at radius 2 is 1.53 bits per heavy atom. The van der Waals surface area contributed by atoms with Crippen LogP contribution in [0.4, 0.5) is 0 Å². The molecule has 5 aliphatic rings. The minimum atomic E-state index is -0.557. The highest BCUT2D eigenvalue weighted by atomic mass is 16.4. The summed E-state index contributed by atoms with van der Waals surface area (Å²) in [5.41, 5.74) is -0.547. The van der Waals surface area contributed by atoms with Crippen molar-refractivity contribution in [1.29, 1.82) is 0 Å². The fourth-order valence-corrected chi connectivity index (χ4v) is 5.14. The first-order valence-electron chi connectivity index (χ1n) is 7.19. The second kappa shape index (κ2) is 3.25. The summed E-state index contributed by atoms with van der Waals surface area (Å²) < 4.78 is 0. The van der Waals surface area contributed by atoms with E-state index in [-0.39, 0.29) is 0 Å². The summed E-state index contributed by atoms with van der Waals surface area (Å²) in [5.74, 6) is 1.95. The molecule has 5 rings (SSSR count). The lowest BCUT2D eigenvalue weighted by Crippen LogP contribution is -2.69. The molecule has 0 aromatic heterocycles. The van der Waals surface area contributed by atoms with Crippen LogP contribution < -0.4 is 5.32 Å². The topological polar surface area (TPSA) is 49.3 Å². The molecule has 0 unspecified atom stereocenters. The van der Waals surface area contributed by atoms with Crippen LogP contribution in [0.1, 0.15) is 44.9 Å². The fourth-order valence-electron chi connectivity index (χ4n) is 5.14. The van der Waals surface area contributed by atoms with E-state index < -0.39 is 11.5 Å². The van der Waals surface area contributed by atoms with E-state index in [1.54, 1.807) is 0 Å². The molecule has 17 heavy (non-hydrogen) atoms. The Kier molecular flexibility index (Phi) is 1.98. The van der Waals surface area contributed by atoms with Crippen molar-refractivity contribution in [3.8, 4) is 0 Å². The van der Waals surface area contributed by atoms with Gasteiger partial charge in [-0.15, -0.1) is 0 Å². The number of hydrogen-bond acceptors (Lipinski definition) is 2. The molecule has 0 aliphatic heterocycles. The van der Waals surface area contributed by atoms with Gasteiger partial charge in [0.1, 0.15) is 5.54 Å². The Balaban J connectivity index is 1.70. The van der Waals surface area contributed by atoms with E-state index in [1.807, 2.05) is 0 Å². The Labute approximate surface area is 102 Å². The van der Waals surface area contributed by atoms with E-state index >= 15 is 0 Å². The molecule has 5 saturated carbocycles. The maximum absolute atomic E-state index is 11.9. The maximum Gasteiger partial charge on any atom is 0.324 e. The second-order valence-corrected chi connectivity index (χ2v) is 6.90. The van der Waals surface area contributed by atoms with Gasteiger partial charge in [-0.25, -0.2) is 0 Å². The Hall–Kier alpha value is -0.570. The third kappa shape index (κ3) is 1.35. The first kappa shape index (κ1) is 10.4. The molecule has 94 valence electrons. The van der Waals surface area contributed by atoms with Gasteiger partial charge in [0.25, 0.3) is 0 Å². The number of nitrogens with one attached hydrogen (secondary N) is 1. The van der Waals surface area contributed by atoms with Crippen LogP contribution in [-0.2, 0) is 4.79 Å². The number of aliphatic carboxylic acids is 1. The minimum Gasteiger partial charge on any atom is -0.480 e. The third-order valence-corrected chi connectivity index (χ3v) is 5.80. The summed E-state index contributed by atoms with van der Waals surface area (Å²) in [5, 5.41) is 13.4. The van der Waals surface area contributed by atoms with E-state index in [0.29, 0.717) is 17.9 Å². The van der Waals surface area contributed by atoms with Crippen molar-refractivity contribution in [3.05, 3.63) is 0 Å². The highest BCUT2D eigenvalue weighted by molar-refractivity contribution is 5.80. The predicted molar refractivity (Wildman–Crippen MR) is 63.6 cm³/mol. The van der Waals surface area contributed by atoms with Crippen LogP contribution in [0.3, 0.4) is 0 Å². The van der Waals surface area contributed by atoms with Crippen molar-refractivity contribution in [1.82, 2.24) is 5.32 Å². The molecule has 0 heterocycles. The molecule has 0 amide bonds. The van der Waals surface area contributed by atoms with Gasteiger partial charge in [0.05, 0.1) is 0 Å². The van der Waals surface area contributed by atoms with Crippen molar-refractivity contribution >= 4 is 5.97 Å². The molecule has 5 aliphatic carbocycles. The van der Waals surface area contributed by atoms with Gasteiger partial charge in [0.15, 0.2) is 0 Å². The van der Waals surface area contributed by atoms with Crippen molar-refractivity contribution in [2.24, 2.45) is 23.7 Å². The summed E-state index contributed by atoms with van der Waals surface area (Å²) >= 11 is 0. The molecule has 4 bridgehead atoms. The van der Waals surface area contributed by atoms with Crippen molar-refractivity contribution in [3.63, 3.8) is 0 Å². The number of carbonyl (C=O) groups is 1. The highest BCUT2D eigenvalue weighted by Crippen LogP contribution is 2.58. The fraction of sp³-hybridized carbons (Fsp3) is 0.929. The van der Waals surface area contributed by atoms with Gasteiger partial charge in [0, 0.05) is 6.04 Å². The number of rotatable bonds is 3. The Morgan fingerprint density at radius 1 is 1.00 bits per heavy atom. The van der Waals surface area contributed by atoms with Crippen LogP contribution in [-0.4, -0.2) is 22.7 Å². The smallest absolute Gasteiger partial charge is 0.324 e. The van der Waals surface area contributed by atoms with E-state index in [4.69, 9.17) is 0 Å². The molecule has 0 saturated heterocycles. The lowest BCUT2D eigenvalue weighted by molar-refractivity contribution is -0.165. The lowest BCUT2D eigenvalue weighted by atomic mass is 9.48. The van der Waals surface area contributed by atoms with Gasteiger partial charge < -0.3 is 5.11 Å². The number of carboxylic acid groups (broad SMARTS) is 1. The molecular weight excluding hydrogens is 214 g/mol. The van der Waals surface area contributed by atoms with Crippen molar-refractivity contribution < 1.29 is 9.90 Å². The predicted octanol–water partition coefficient (Wildman–Crippen LogP) is 2.02. The average Bonchev–Trinajstić information content (AvgIpc) is 3.05.